The third-order valence-corrected chi connectivity index (χ3v) is 1.71. The number of ether oxygens (including phenoxy) is 1. The molecule has 16 heavy (non-hydrogen) atoms. The minimum Gasteiger partial charge on any atom is -0.481 e. The average molecular weight is 270 g/mol. The molecule has 1 aromatic heterocycles. The molecule has 6 nitrogen and oxygen atoms in total. The molecule has 0 unspecified atom stereocenters. The lowest BCUT2D eigenvalue weighted by atomic mass is 10.2. The van der Waals surface area contributed by atoms with E-state index in [1.165, 1.54) is 19.2 Å². The SMILES string of the molecule is COc1ccc([N+](=O)[O-])c(CCN)n1.Cl.Cl. The van der Waals surface area contributed by atoms with Gasteiger partial charge in [0, 0.05) is 18.6 Å². The monoisotopic (exact) mass is 269 g/mol. The van der Waals surface area contributed by atoms with Crippen LogP contribution in [0.3, 0.4) is 0 Å². The number of nitrogens with zero attached hydrogens (tertiary/aromatic N) is 2. The maximum atomic E-state index is 10.6. The van der Waals surface area contributed by atoms with Crippen LogP contribution in [0.5, 0.6) is 5.88 Å². The second-order valence-electron chi connectivity index (χ2n) is 2.62. The van der Waals surface area contributed by atoms with Gasteiger partial charge in [0.15, 0.2) is 0 Å². The van der Waals surface area contributed by atoms with Gasteiger partial charge in [-0.25, -0.2) is 4.98 Å². The van der Waals surface area contributed by atoms with Gasteiger partial charge in [0.25, 0.3) is 5.69 Å². The summed E-state index contributed by atoms with van der Waals surface area (Å²) < 4.78 is 4.86. The number of halogens is 2. The molecule has 0 saturated heterocycles. The van der Waals surface area contributed by atoms with Crippen LogP contribution in [-0.4, -0.2) is 23.6 Å². The molecule has 0 amide bonds. The molecule has 0 aliphatic rings. The van der Waals surface area contributed by atoms with Crippen LogP contribution in [-0.2, 0) is 6.42 Å². The highest BCUT2D eigenvalue weighted by molar-refractivity contribution is 5.85. The fraction of sp³-hybridized carbons (Fsp3) is 0.375. The Hall–Kier alpha value is -1.11. The van der Waals surface area contributed by atoms with Crippen LogP contribution in [0.4, 0.5) is 5.69 Å². The van der Waals surface area contributed by atoms with Gasteiger partial charge in [0.2, 0.25) is 5.88 Å². The molecular formula is C8H13Cl2N3O3. The van der Waals surface area contributed by atoms with E-state index in [-0.39, 0.29) is 30.5 Å². The lowest BCUT2D eigenvalue weighted by Crippen LogP contribution is -2.07. The van der Waals surface area contributed by atoms with Crippen LogP contribution in [0.1, 0.15) is 5.69 Å². The number of nitrogens with two attached hydrogens (primary N) is 1. The first kappa shape index (κ1) is 17.3. The van der Waals surface area contributed by atoms with Crippen molar-refractivity contribution in [1.29, 1.82) is 0 Å². The summed E-state index contributed by atoms with van der Waals surface area (Å²) in [6.45, 7) is 0.320. The first-order valence-corrected chi connectivity index (χ1v) is 4.07. The highest BCUT2D eigenvalue weighted by Crippen LogP contribution is 2.19. The number of methoxy groups -OCH3 is 1. The smallest absolute Gasteiger partial charge is 0.291 e. The van der Waals surface area contributed by atoms with Gasteiger partial charge in [-0.05, 0) is 6.54 Å². The van der Waals surface area contributed by atoms with Gasteiger partial charge in [0.05, 0.1) is 12.0 Å². The molecule has 0 atom stereocenters. The summed E-state index contributed by atoms with van der Waals surface area (Å²) in [4.78, 5) is 14.1. The van der Waals surface area contributed by atoms with Crippen molar-refractivity contribution < 1.29 is 9.66 Å². The number of hydrogen-bond donors (Lipinski definition) is 1. The van der Waals surface area contributed by atoms with Crippen molar-refractivity contribution in [3.05, 3.63) is 27.9 Å². The molecule has 0 fully saturated rings. The molecule has 0 radical (unpaired) electrons. The summed E-state index contributed by atoms with van der Waals surface area (Å²) >= 11 is 0. The molecule has 2 N–H and O–H groups in total. The van der Waals surface area contributed by atoms with Gasteiger partial charge in [-0.3, -0.25) is 10.1 Å². The van der Waals surface area contributed by atoms with E-state index in [1.54, 1.807) is 0 Å². The van der Waals surface area contributed by atoms with Crippen molar-refractivity contribution in [3.63, 3.8) is 0 Å². The van der Waals surface area contributed by atoms with E-state index in [0.717, 1.165) is 0 Å². The van der Waals surface area contributed by atoms with E-state index in [4.69, 9.17) is 10.5 Å². The lowest BCUT2D eigenvalue weighted by Gasteiger charge is -2.02. The highest BCUT2D eigenvalue weighted by atomic mass is 35.5. The summed E-state index contributed by atoms with van der Waals surface area (Å²) in [5.74, 6) is 0.360. The molecule has 0 aliphatic carbocycles. The lowest BCUT2D eigenvalue weighted by molar-refractivity contribution is -0.385. The van der Waals surface area contributed by atoms with Crippen LogP contribution in [0.2, 0.25) is 0 Å². The van der Waals surface area contributed by atoms with Crippen molar-refractivity contribution in [3.8, 4) is 5.88 Å². The molecule has 1 rings (SSSR count). The molecule has 0 aromatic carbocycles. The first-order chi connectivity index (χ1) is 6.69. The predicted octanol–water partition coefficient (Wildman–Crippen LogP) is 1.34. The van der Waals surface area contributed by atoms with Crippen molar-refractivity contribution in [2.24, 2.45) is 5.73 Å². The summed E-state index contributed by atoms with van der Waals surface area (Å²) in [7, 11) is 1.46. The summed E-state index contributed by atoms with van der Waals surface area (Å²) in [5.41, 5.74) is 5.66. The third kappa shape index (κ3) is 4.18. The normalized spacial score (nSPS) is 8.62. The van der Waals surface area contributed by atoms with Crippen molar-refractivity contribution in [2.45, 2.75) is 6.42 Å². The van der Waals surface area contributed by atoms with E-state index in [1.807, 2.05) is 0 Å². The van der Waals surface area contributed by atoms with Crippen LogP contribution >= 0.6 is 24.8 Å². The maximum Gasteiger partial charge on any atom is 0.291 e. The van der Waals surface area contributed by atoms with E-state index in [0.29, 0.717) is 24.5 Å². The average Bonchev–Trinajstić information content (AvgIpc) is 2.17. The predicted molar refractivity (Wildman–Crippen MR) is 64.7 cm³/mol. The number of nitro groups is 1. The number of pyridine rings is 1. The topological polar surface area (TPSA) is 91.3 Å². The Morgan fingerprint density at radius 3 is 2.56 bits per heavy atom. The van der Waals surface area contributed by atoms with Gasteiger partial charge in [-0.2, -0.15) is 0 Å². The van der Waals surface area contributed by atoms with Gasteiger partial charge in [-0.15, -0.1) is 24.8 Å². The van der Waals surface area contributed by atoms with Crippen molar-refractivity contribution in [2.75, 3.05) is 13.7 Å². The van der Waals surface area contributed by atoms with Crippen LogP contribution in [0.25, 0.3) is 0 Å². The summed E-state index contributed by atoms with van der Waals surface area (Å²) in [5, 5.41) is 10.6. The third-order valence-electron chi connectivity index (χ3n) is 1.71. The van der Waals surface area contributed by atoms with Crippen molar-refractivity contribution in [1.82, 2.24) is 4.98 Å². The minimum atomic E-state index is -0.475. The van der Waals surface area contributed by atoms with Gasteiger partial charge >= 0.3 is 0 Å². The Kier molecular flexibility index (Phi) is 8.74. The highest BCUT2D eigenvalue weighted by Gasteiger charge is 2.14. The number of rotatable bonds is 4. The van der Waals surface area contributed by atoms with Crippen LogP contribution in [0, 0.1) is 10.1 Å². The quantitative estimate of drug-likeness (QED) is 0.658. The number of hydrogen-bond acceptors (Lipinski definition) is 5. The Labute approximate surface area is 105 Å². The fourth-order valence-electron chi connectivity index (χ4n) is 1.07. The zero-order valence-electron chi connectivity index (χ0n) is 8.58. The standard InChI is InChI=1S/C8H11N3O3.2ClH/c1-14-8-3-2-7(11(12)13)6(10-8)4-5-9;;/h2-3H,4-5,9H2,1H3;2*1H. The van der Waals surface area contributed by atoms with Gasteiger partial charge in [-0.1, -0.05) is 0 Å². The van der Waals surface area contributed by atoms with E-state index in [9.17, 15) is 10.1 Å². The summed E-state index contributed by atoms with van der Waals surface area (Å²) in [6, 6.07) is 2.83. The Balaban J connectivity index is 0. The number of aromatic nitrogens is 1. The van der Waals surface area contributed by atoms with Gasteiger partial charge < -0.3 is 10.5 Å². The van der Waals surface area contributed by atoms with E-state index in [2.05, 4.69) is 4.98 Å². The van der Waals surface area contributed by atoms with Crippen LogP contribution in [0.15, 0.2) is 12.1 Å². The molecule has 0 bridgehead atoms. The molecule has 0 aliphatic heterocycles. The Bertz CT molecular complexity index is 349. The summed E-state index contributed by atoms with van der Waals surface area (Å²) in [6.07, 6.45) is 0.369. The van der Waals surface area contributed by atoms with Crippen LogP contribution < -0.4 is 10.5 Å². The Morgan fingerprint density at radius 2 is 2.12 bits per heavy atom. The second kappa shape index (κ2) is 8.09. The molecular weight excluding hydrogens is 257 g/mol. The van der Waals surface area contributed by atoms with E-state index < -0.39 is 4.92 Å². The van der Waals surface area contributed by atoms with Gasteiger partial charge in [0.1, 0.15) is 5.69 Å². The first-order valence-electron chi connectivity index (χ1n) is 4.07. The van der Waals surface area contributed by atoms with Crippen molar-refractivity contribution >= 4 is 30.5 Å². The molecule has 1 heterocycles. The molecule has 92 valence electrons. The second-order valence-corrected chi connectivity index (χ2v) is 2.62. The zero-order chi connectivity index (χ0) is 10.6. The molecule has 1 aromatic rings. The maximum absolute atomic E-state index is 10.6. The molecule has 0 spiro atoms. The largest absolute Gasteiger partial charge is 0.481 e. The molecule has 0 saturated carbocycles. The fourth-order valence-corrected chi connectivity index (χ4v) is 1.07. The zero-order valence-corrected chi connectivity index (χ0v) is 10.2. The molecule has 8 heteroatoms. The Morgan fingerprint density at radius 1 is 1.50 bits per heavy atom. The minimum absolute atomic E-state index is 0. The van der Waals surface area contributed by atoms with E-state index >= 15 is 0 Å².